The van der Waals surface area contributed by atoms with Crippen molar-refractivity contribution in [1.82, 2.24) is 0 Å². The molecule has 0 aliphatic carbocycles. The number of allylic oxidation sites excluding steroid dienone is 8. The van der Waals surface area contributed by atoms with Gasteiger partial charge in [-0.15, -0.1) is 0 Å². The van der Waals surface area contributed by atoms with Gasteiger partial charge in [0.2, 0.25) is 0 Å². The fraction of sp³-hybridized carbons (Fsp3) is 0.848. The maximum Gasteiger partial charge on any atom is 0.306 e. The van der Waals surface area contributed by atoms with E-state index in [1.165, 1.54) is 218 Å². The molecule has 0 spiro atoms. The molecule has 76 heavy (non-hydrogen) atoms. The number of quaternary nitrogens is 1. The average Bonchev–Trinajstić information content (AvgIpc) is 3.38. The fourth-order valence-electron chi connectivity index (χ4n) is 9.42. The first kappa shape index (κ1) is 74.0. The number of esters is 2. The molecular formula is C66H124NO8P. The number of phosphoric ester groups is 1. The standard InChI is InChI=1S/C66H124NO8P/c1-6-8-10-12-14-16-18-20-22-23-24-25-26-27-28-29-30-31-32-33-34-35-36-37-38-39-40-41-42-43-45-47-49-51-53-55-57-59-66(69)75-64(63-74-76(70,71)73-61-60-67(3,4)5)62-72-65(68)58-56-54-52-50-48-46-44-21-19-17-15-13-11-9-7-2/h8,10,14,16,20,22,24-25,64H,6-7,9,11-13,15,17-19,21,23,26-63H2,1-5H3/b10-8-,16-14-,22-20-,25-24-. The zero-order valence-corrected chi connectivity index (χ0v) is 51.6. The van der Waals surface area contributed by atoms with Crippen LogP contribution in [0.1, 0.15) is 309 Å². The van der Waals surface area contributed by atoms with E-state index in [-0.39, 0.29) is 32.0 Å². The molecule has 0 aliphatic heterocycles. The largest absolute Gasteiger partial charge is 0.756 e. The minimum atomic E-state index is -4.63. The number of carbonyl (C=O) groups excluding carboxylic acids is 2. The number of ether oxygens (including phenoxy) is 2. The quantitative estimate of drug-likeness (QED) is 0.0195. The smallest absolute Gasteiger partial charge is 0.306 e. The Labute approximate surface area is 471 Å². The van der Waals surface area contributed by atoms with Gasteiger partial charge in [0.1, 0.15) is 19.8 Å². The normalized spacial score (nSPS) is 13.5. The van der Waals surface area contributed by atoms with Crippen molar-refractivity contribution in [3.8, 4) is 0 Å². The molecule has 2 atom stereocenters. The summed E-state index contributed by atoms with van der Waals surface area (Å²) in [6.45, 7) is 4.17. The average molecular weight is 1090 g/mol. The van der Waals surface area contributed by atoms with Crippen molar-refractivity contribution in [2.45, 2.75) is 315 Å². The summed E-state index contributed by atoms with van der Waals surface area (Å²) >= 11 is 0. The summed E-state index contributed by atoms with van der Waals surface area (Å²) in [5, 5.41) is 0. The van der Waals surface area contributed by atoms with Crippen LogP contribution in [0.25, 0.3) is 0 Å². The summed E-state index contributed by atoms with van der Waals surface area (Å²) in [5.74, 6) is -0.815. The number of hydrogen-bond acceptors (Lipinski definition) is 8. The van der Waals surface area contributed by atoms with Crippen molar-refractivity contribution in [3.63, 3.8) is 0 Å². The molecule has 0 bridgehead atoms. The number of likely N-dealkylation sites (N-methyl/N-ethyl adjacent to an activating group) is 1. The highest BCUT2D eigenvalue weighted by Gasteiger charge is 2.22. The molecule has 0 radical (unpaired) electrons. The Kier molecular flexibility index (Phi) is 56.1. The van der Waals surface area contributed by atoms with E-state index >= 15 is 0 Å². The lowest BCUT2D eigenvalue weighted by atomic mass is 10.0. The molecule has 0 rings (SSSR count). The predicted molar refractivity (Wildman–Crippen MR) is 324 cm³/mol. The molecule has 9 nitrogen and oxygen atoms in total. The Morgan fingerprint density at radius 2 is 0.750 bits per heavy atom. The zero-order valence-electron chi connectivity index (χ0n) is 50.7. The van der Waals surface area contributed by atoms with Crippen LogP contribution in [-0.4, -0.2) is 70.0 Å². The molecule has 0 aromatic carbocycles. The number of rotatable bonds is 60. The first-order valence-corrected chi connectivity index (χ1v) is 33.8. The summed E-state index contributed by atoms with van der Waals surface area (Å²) < 4.78 is 34.2. The van der Waals surface area contributed by atoms with Crippen LogP contribution >= 0.6 is 7.82 Å². The molecule has 0 aliphatic rings. The first-order chi connectivity index (χ1) is 37.0. The van der Waals surface area contributed by atoms with Crippen LogP contribution in [-0.2, 0) is 32.7 Å². The van der Waals surface area contributed by atoms with E-state index in [0.717, 1.165) is 57.8 Å². The Morgan fingerprint density at radius 1 is 0.421 bits per heavy atom. The van der Waals surface area contributed by atoms with E-state index < -0.39 is 26.5 Å². The van der Waals surface area contributed by atoms with Crippen molar-refractivity contribution in [2.75, 3.05) is 47.5 Å². The second-order valence-corrected chi connectivity index (χ2v) is 24.5. The zero-order chi connectivity index (χ0) is 55.6. The van der Waals surface area contributed by atoms with E-state index in [9.17, 15) is 19.0 Å². The van der Waals surface area contributed by atoms with Gasteiger partial charge in [-0.05, 0) is 51.4 Å². The highest BCUT2D eigenvalue weighted by Crippen LogP contribution is 2.38. The number of carbonyl (C=O) groups is 2. The third kappa shape index (κ3) is 61.2. The highest BCUT2D eigenvalue weighted by molar-refractivity contribution is 7.45. The van der Waals surface area contributed by atoms with Gasteiger partial charge in [0.05, 0.1) is 27.7 Å². The first-order valence-electron chi connectivity index (χ1n) is 32.3. The molecular weight excluding hydrogens is 966 g/mol. The molecule has 0 N–H and O–H groups in total. The molecule has 446 valence electrons. The van der Waals surface area contributed by atoms with Gasteiger partial charge in [-0.1, -0.05) is 294 Å². The molecule has 2 unspecified atom stereocenters. The summed E-state index contributed by atoms with van der Waals surface area (Å²) in [6, 6.07) is 0. The van der Waals surface area contributed by atoms with Gasteiger partial charge in [-0.2, -0.15) is 0 Å². The molecule has 0 aromatic rings. The van der Waals surface area contributed by atoms with E-state index in [4.69, 9.17) is 18.5 Å². The minimum absolute atomic E-state index is 0.0276. The lowest BCUT2D eigenvalue weighted by molar-refractivity contribution is -0.870. The van der Waals surface area contributed by atoms with Crippen LogP contribution in [0.2, 0.25) is 0 Å². The summed E-state index contributed by atoms with van der Waals surface area (Å²) in [7, 11) is 1.18. The van der Waals surface area contributed by atoms with Gasteiger partial charge in [-0.25, -0.2) is 0 Å². The third-order valence-corrected chi connectivity index (χ3v) is 15.3. The van der Waals surface area contributed by atoms with Crippen LogP contribution < -0.4 is 4.89 Å². The Morgan fingerprint density at radius 3 is 1.12 bits per heavy atom. The SMILES string of the molecule is CC/C=C\C/C=C\C/C=C\C/C=C\CCCCCCCCCCCCCCCCCCCCCCCCCCC(=O)OC(COC(=O)CCCCCCCCCCCCCCCCC)COP(=O)([O-])OCC[N+](C)(C)C. The number of hydrogen-bond donors (Lipinski definition) is 0. The van der Waals surface area contributed by atoms with Gasteiger partial charge in [0.25, 0.3) is 7.82 Å². The van der Waals surface area contributed by atoms with Crippen LogP contribution in [0.5, 0.6) is 0 Å². The topological polar surface area (TPSA) is 111 Å². The predicted octanol–water partition coefficient (Wildman–Crippen LogP) is 19.9. The lowest BCUT2D eigenvalue weighted by Crippen LogP contribution is -2.37. The molecule has 0 heterocycles. The Balaban J connectivity index is 3.92. The maximum absolute atomic E-state index is 12.8. The molecule has 0 saturated carbocycles. The summed E-state index contributed by atoms with van der Waals surface area (Å²) in [5.41, 5.74) is 0. The summed E-state index contributed by atoms with van der Waals surface area (Å²) in [4.78, 5) is 37.9. The van der Waals surface area contributed by atoms with Crippen LogP contribution in [0.4, 0.5) is 0 Å². The van der Waals surface area contributed by atoms with Gasteiger partial charge in [0.15, 0.2) is 6.10 Å². The molecule has 0 amide bonds. The molecule has 0 aromatic heterocycles. The van der Waals surface area contributed by atoms with E-state index in [1.54, 1.807) is 0 Å². The summed E-state index contributed by atoms with van der Waals surface area (Å²) in [6.07, 6.45) is 73.3. The minimum Gasteiger partial charge on any atom is -0.756 e. The van der Waals surface area contributed by atoms with Gasteiger partial charge in [0, 0.05) is 12.8 Å². The van der Waals surface area contributed by atoms with Crippen molar-refractivity contribution < 1.29 is 42.1 Å². The molecule has 10 heteroatoms. The van der Waals surface area contributed by atoms with Crippen LogP contribution in [0.3, 0.4) is 0 Å². The van der Waals surface area contributed by atoms with E-state index in [1.807, 2.05) is 21.1 Å². The lowest BCUT2D eigenvalue weighted by Gasteiger charge is -2.28. The number of phosphoric acid groups is 1. The second-order valence-electron chi connectivity index (χ2n) is 23.1. The van der Waals surface area contributed by atoms with Crippen molar-refractivity contribution in [3.05, 3.63) is 48.6 Å². The molecule has 0 fully saturated rings. The highest BCUT2D eigenvalue weighted by atomic mass is 31.2. The van der Waals surface area contributed by atoms with Gasteiger partial charge >= 0.3 is 11.9 Å². The van der Waals surface area contributed by atoms with Gasteiger partial charge < -0.3 is 27.9 Å². The Hall–Kier alpha value is -2.03. The monoisotopic (exact) mass is 1090 g/mol. The molecule has 0 saturated heterocycles. The van der Waals surface area contributed by atoms with Gasteiger partial charge in [-0.3, -0.25) is 14.2 Å². The number of unbranched alkanes of at least 4 members (excludes halogenated alkanes) is 38. The third-order valence-electron chi connectivity index (χ3n) is 14.4. The maximum atomic E-state index is 12.8. The Bertz CT molecular complexity index is 1420. The number of nitrogens with zero attached hydrogens (tertiary/aromatic N) is 1. The van der Waals surface area contributed by atoms with E-state index in [0.29, 0.717) is 17.4 Å². The van der Waals surface area contributed by atoms with Crippen LogP contribution in [0.15, 0.2) is 48.6 Å². The van der Waals surface area contributed by atoms with Crippen molar-refractivity contribution in [2.24, 2.45) is 0 Å². The van der Waals surface area contributed by atoms with Crippen molar-refractivity contribution >= 4 is 19.8 Å². The van der Waals surface area contributed by atoms with Crippen LogP contribution in [0, 0.1) is 0 Å². The fourth-order valence-corrected chi connectivity index (χ4v) is 10.1. The van der Waals surface area contributed by atoms with E-state index in [2.05, 4.69) is 62.5 Å². The van der Waals surface area contributed by atoms with Crippen molar-refractivity contribution in [1.29, 1.82) is 0 Å². The second kappa shape index (κ2) is 57.6.